The maximum absolute atomic E-state index is 13.2. The molecule has 6 rings (SSSR count). The molecule has 9 atom stereocenters. The van der Waals surface area contributed by atoms with Crippen molar-refractivity contribution >= 4 is 11.9 Å². The predicted molar refractivity (Wildman–Crippen MR) is 134 cm³/mol. The maximum Gasteiger partial charge on any atom is 0.331 e. The van der Waals surface area contributed by atoms with Crippen molar-refractivity contribution in [1.82, 2.24) is 0 Å². The summed E-state index contributed by atoms with van der Waals surface area (Å²) in [5.74, 6) is -1.10. The summed E-state index contributed by atoms with van der Waals surface area (Å²) in [5.41, 5.74) is -1.76. The number of ether oxygens (including phenoxy) is 5. The molecule has 9 heteroatoms. The number of cyclic esters (lactones) is 1. The van der Waals surface area contributed by atoms with E-state index < -0.39 is 52.3 Å². The maximum atomic E-state index is 13.2. The van der Waals surface area contributed by atoms with Crippen molar-refractivity contribution in [3.05, 3.63) is 47.6 Å². The fourth-order valence-electron chi connectivity index (χ4n) is 7.68. The minimum Gasteiger partial charge on any atom is -0.462 e. The molecule has 4 fully saturated rings. The molecule has 4 heterocycles. The number of fused-ring (bicyclic) bond motifs is 2. The third-order valence-corrected chi connectivity index (χ3v) is 10.1. The first kappa shape index (κ1) is 26.0. The van der Waals surface area contributed by atoms with Gasteiger partial charge in [-0.2, -0.15) is 0 Å². The minimum absolute atomic E-state index is 0.0519. The Morgan fingerprint density at radius 3 is 2.61 bits per heavy atom. The Kier molecular flexibility index (Phi) is 6.05. The summed E-state index contributed by atoms with van der Waals surface area (Å²) in [7, 11) is 0. The topological polar surface area (TPSA) is 124 Å². The number of allylic oxidation sites excluding steroid dienone is 3. The molecule has 1 saturated carbocycles. The molecule has 2 spiro atoms. The number of hydrogen-bond acceptors (Lipinski definition) is 9. The average molecular weight is 529 g/mol. The normalized spacial score (nSPS) is 50.0. The number of epoxide rings is 1. The number of hydrogen-bond donors (Lipinski definition) is 2. The number of rotatable bonds is 1. The van der Waals surface area contributed by atoms with Gasteiger partial charge in [-0.15, -0.1) is 0 Å². The van der Waals surface area contributed by atoms with Gasteiger partial charge in [0.1, 0.15) is 30.0 Å². The highest BCUT2D eigenvalue weighted by Crippen LogP contribution is 2.72. The van der Waals surface area contributed by atoms with Crippen molar-refractivity contribution < 1.29 is 43.5 Å². The molecule has 0 radical (unpaired) electrons. The van der Waals surface area contributed by atoms with Gasteiger partial charge in [0, 0.05) is 24.0 Å². The predicted octanol–water partition coefficient (Wildman–Crippen LogP) is 2.07. The highest BCUT2D eigenvalue weighted by Gasteiger charge is 2.83. The van der Waals surface area contributed by atoms with Gasteiger partial charge in [-0.25, -0.2) is 9.59 Å². The van der Waals surface area contributed by atoms with Crippen LogP contribution in [0.2, 0.25) is 0 Å². The van der Waals surface area contributed by atoms with E-state index in [2.05, 4.69) is 19.9 Å². The SMILES string of the molecule is CC1=CC2OC3CC4OC(=O)/C=C\C=C/C5(C(C)O)OCC/C(=C/C(=O)OCC2(CC1)C4(C)C31CO1)C5O. The summed E-state index contributed by atoms with van der Waals surface area (Å²) in [6, 6.07) is 0. The van der Waals surface area contributed by atoms with Gasteiger partial charge in [-0.3, -0.25) is 0 Å². The van der Waals surface area contributed by atoms with E-state index in [0.29, 0.717) is 31.4 Å². The van der Waals surface area contributed by atoms with Gasteiger partial charge in [0.2, 0.25) is 0 Å². The monoisotopic (exact) mass is 528 g/mol. The zero-order valence-corrected chi connectivity index (χ0v) is 22.1. The van der Waals surface area contributed by atoms with Crippen molar-refractivity contribution in [3.8, 4) is 0 Å². The number of carbonyl (C=O) groups excluding carboxylic acids is 2. The molecule has 6 aliphatic rings. The van der Waals surface area contributed by atoms with Gasteiger partial charge in [0.25, 0.3) is 0 Å². The fraction of sp³-hybridized carbons (Fsp3) is 0.655. The Hall–Kier alpha value is -2.30. The number of carbonyl (C=O) groups is 2. The summed E-state index contributed by atoms with van der Waals surface area (Å²) >= 11 is 0. The highest BCUT2D eigenvalue weighted by atomic mass is 16.6. The van der Waals surface area contributed by atoms with Gasteiger partial charge >= 0.3 is 11.9 Å². The van der Waals surface area contributed by atoms with Crippen LogP contribution in [0.3, 0.4) is 0 Å². The van der Waals surface area contributed by atoms with Crippen LogP contribution >= 0.6 is 0 Å². The smallest absolute Gasteiger partial charge is 0.331 e. The molecule has 2 aliphatic carbocycles. The van der Waals surface area contributed by atoms with Crippen LogP contribution in [-0.2, 0) is 33.3 Å². The third-order valence-electron chi connectivity index (χ3n) is 10.1. The van der Waals surface area contributed by atoms with Crippen LogP contribution in [0.15, 0.2) is 47.6 Å². The molecule has 0 aromatic carbocycles. The molecule has 0 aromatic rings. The first-order valence-electron chi connectivity index (χ1n) is 13.5. The Morgan fingerprint density at radius 2 is 1.87 bits per heavy atom. The fourth-order valence-corrected chi connectivity index (χ4v) is 7.68. The van der Waals surface area contributed by atoms with Crippen LogP contribution in [0.5, 0.6) is 0 Å². The largest absolute Gasteiger partial charge is 0.462 e. The molecular weight excluding hydrogens is 492 g/mol. The Bertz CT molecular complexity index is 1150. The van der Waals surface area contributed by atoms with Crippen molar-refractivity contribution in [3.63, 3.8) is 0 Å². The van der Waals surface area contributed by atoms with Gasteiger partial charge < -0.3 is 33.9 Å². The van der Waals surface area contributed by atoms with E-state index in [9.17, 15) is 19.8 Å². The standard InChI is InChI=1S/C29H36O9/c1-17-7-10-27-15-34-24(32)13-19-8-11-35-28(18(2)30,25(19)33)9-5-4-6-23(31)38-20-14-22(37-21(27)12-17)29(16-36-29)26(20,27)3/h4-6,9,12-13,18,20-22,25,30,33H,7-8,10-11,14-16H2,1-3H3/b6-4-,9-5-,19-13-. The van der Waals surface area contributed by atoms with Crippen LogP contribution < -0.4 is 0 Å². The molecule has 9 nitrogen and oxygen atoms in total. The summed E-state index contributed by atoms with van der Waals surface area (Å²) in [4.78, 5) is 26.2. The first-order chi connectivity index (χ1) is 18.1. The zero-order chi connectivity index (χ0) is 26.9. The molecule has 0 aromatic heterocycles. The van der Waals surface area contributed by atoms with Crippen LogP contribution in [0.1, 0.15) is 46.5 Å². The lowest BCUT2D eigenvalue weighted by Crippen LogP contribution is -2.66. The lowest BCUT2D eigenvalue weighted by atomic mass is 9.51. The van der Waals surface area contributed by atoms with Crippen LogP contribution in [-0.4, -0.2) is 83.7 Å². The second kappa shape index (κ2) is 8.86. The molecule has 2 N–H and O–H groups in total. The van der Waals surface area contributed by atoms with Crippen LogP contribution in [0, 0.1) is 10.8 Å². The van der Waals surface area contributed by atoms with Crippen molar-refractivity contribution in [1.29, 1.82) is 0 Å². The van der Waals surface area contributed by atoms with E-state index in [1.807, 2.05) is 0 Å². The van der Waals surface area contributed by atoms with E-state index >= 15 is 0 Å². The first-order valence-corrected chi connectivity index (χ1v) is 13.5. The molecule has 9 unspecified atom stereocenters. The van der Waals surface area contributed by atoms with Crippen molar-refractivity contribution in [2.45, 2.75) is 88.2 Å². The molecule has 3 saturated heterocycles. The van der Waals surface area contributed by atoms with Gasteiger partial charge in [0.15, 0.2) is 0 Å². The molecular formula is C29H36O9. The van der Waals surface area contributed by atoms with Crippen LogP contribution in [0.4, 0.5) is 0 Å². The number of aliphatic hydroxyl groups excluding tert-OH is 2. The van der Waals surface area contributed by atoms with E-state index in [1.54, 1.807) is 6.08 Å². The van der Waals surface area contributed by atoms with Crippen molar-refractivity contribution in [2.75, 3.05) is 19.8 Å². The zero-order valence-electron chi connectivity index (χ0n) is 22.1. The summed E-state index contributed by atoms with van der Waals surface area (Å²) in [6.07, 6.45) is 8.21. The van der Waals surface area contributed by atoms with Crippen molar-refractivity contribution in [2.24, 2.45) is 10.8 Å². The Morgan fingerprint density at radius 1 is 1.08 bits per heavy atom. The average Bonchev–Trinajstić information content (AvgIpc) is 3.65. The summed E-state index contributed by atoms with van der Waals surface area (Å²) < 4.78 is 30.6. The third kappa shape index (κ3) is 3.48. The number of aliphatic hydroxyl groups is 2. The van der Waals surface area contributed by atoms with E-state index in [4.69, 9.17) is 23.7 Å². The number of esters is 2. The van der Waals surface area contributed by atoms with Gasteiger partial charge in [-0.05, 0) is 44.8 Å². The van der Waals surface area contributed by atoms with Gasteiger partial charge in [-0.1, -0.05) is 30.7 Å². The quantitative estimate of drug-likeness (QED) is 0.299. The second-order valence-electron chi connectivity index (χ2n) is 11.8. The minimum atomic E-state index is -1.47. The molecule has 4 aliphatic heterocycles. The molecule has 4 bridgehead atoms. The lowest BCUT2D eigenvalue weighted by Gasteiger charge is -2.58. The van der Waals surface area contributed by atoms with E-state index in [-0.39, 0.29) is 25.4 Å². The lowest BCUT2D eigenvalue weighted by molar-refractivity contribution is -0.232. The Balaban J connectivity index is 1.44. The van der Waals surface area contributed by atoms with Gasteiger partial charge in [0.05, 0.1) is 36.9 Å². The van der Waals surface area contributed by atoms with E-state index in [1.165, 1.54) is 36.8 Å². The summed E-state index contributed by atoms with van der Waals surface area (Å²) in [6.45, 7) is 6.43. The van der Waals surface area contributed by atoms with Crippen LogP contribution in [0.25, 0.3) is 0 Å². The highest BCUT2D eigenvalue weighted by molar-refractivity contribution is 5.83. The summed E-state index contributed by atoms with van der Waals surface area (Å²) in [5, 5.41) is 21.7. The Labute approximate surface area is 222 Å². The second-order valence-corrected chi connectivity index (χ2v) is 11.8. The molecule has 38 heavy (non-hydrogen) atoms. The molecule has 0 amide bonds. The van der Waals surface area contributed by atoms with E-state index in [0.717, 1.165) is 6.42 Å². The molecule has 206 valence electrons.